The molecular weight excluding hydrogens is 440 g/mol. The molecule has 2 aromatic rings. The Labute approximate surface area is 200 Å². The average Bonchev–Trinajstić information content (AvgIpc) is 3.52. The van der Waals surface area contributed by atoms with E-state index in [2.05, 4.69) is 17.4 Å². The standard InChI is InChI=1S/C26H33ClN2O4/c1-15-3-6-18(7-4-15)26-24(17-8-9-17)25(29-33-26)19(10-12-23(31)32)14-22(30)28-21-11-5-16(2)13-20(21)27/h5,11,13,15,17-19H,3-4,6-10,12,14H2,1-2H3,(H,28,30)(H,31,32). The number of carboxylic acid groups (broad SMARTS) is 1. The number of hydrogen-bond acceptors (Lipinski definition) is 4. The van der Waals surface area contributed by atoms with Crippen LogP contribution in [0.4, 0.5) is 5.69 Å². The molecule has 0 saturated heterocycles. The van der Waals surface area contributed by atoms with Gasteiger partial charge in [0.25, 0.3) is 0 Å². The molecule has 4 rings (SSSR count). The van der Waals surface area contributed by atoms with Gasteiger partial charge in [0.1, 0.15) is 5.76 Å². The molecule has 1 atom stereocenters. The number of amides is 1. The first kappa shape index (κ1) is 23.8. The minimum absolute atomic E-state index is 0.0174. The van der Waals surface area contributed by atoms with Crippen LogP contribution in [-0.2, 0) is 9.59 Å². The van der Waals surface area contributed by atoms with Crippen molar-refractivity contribution in [3.05, 3.63) is 45.8 Å². The maximum absolute atomic E-state index is 12.9. The van der Waals surface area contributed by atoms with Gasteiger partial charge in [0.05, 0.1) is 16.4 Å². The van der Waals surface area contributed by atoms with Gasteiger partial charge >= 0.3 is 5.97 Å². The molecule has 0 bridgehead atoms. The third kappa shape index (κ3) is 5.97. The lowest BCUT2D eigenvalue weighted by molar-refractivity contribution is -0.137. The van der Waals surface area contributed by atoms with E-state index in [-0.39, 0.29) is 24.7 Å². The zero-order chi connectivity index (χ0) is 23.5. The predicted octanol–water partition coefficient (Wildman–Crippen LogP) is 6.78. The van der Waals surface area contributed by atoms with E-state index in [1.165, 1.54) is 12.8 Å². The van der Waals surface area contributed by atoms with Crippen molar-refractivity contribution in [2.75, 3.05) is 5.32 Å². The third-order valence-electron chi connectivity index (χ3n) is 7.08. The number of halogens is 1. The molecule has 0 aliphatic heterocycles. The van der Waals surface area contributed by atoms with E-state index in [4.69, 9.17) is 16.1 Å². The van der Waals surface area contributed by atoms with Crippen LogP contribution in [0.5, 0.6) is 0 Å². The smallest absolute Gasteiger partial charge is 0.303 e. The SMILES string of the molecule is Cc1ccc(NC(=O)CC(CCC(=O)O)c2noc(C3CCC(C)CC3)c2C2CC2)c(Cl)c1. The zero-order valence-corrected chi connectivity index (χ0v) is 20.2. The van der Waals surface area contributed by atoms with Crippen LogP contribution in [-0.4, -0.2) is 22.1 Å². The summed E-state index contributed by atoms with van der Waals surface area (Å²) < 4.78 is 5.94. The molecule has 0 radical (unpaired) electrons. The number of carbonyl (C=O) groups is 2. The Kier molecular flexibility index (Phi) is 7.42. The highest BCUT2D eigenvalue weighted by Gasteiger charge is 2.38. The number of nitrogens with zero attached hydrogens (tertiary/aromatic N) is 1. The number of rotatable bonds is 9. The molecule has 0 spiro atoms. The normalized spacial score (nSPS) is 21.5. The Morgan fingerprint density at radius 2 is 1.88 bits per heavy atom. The van der Waals surface area contributed by atoms with Crippen LogP contribution in [0.15, 0.2) is 22.7 Å². The highest BCUT2D eigenvalue weighted by atomic mass is 35.5. The minimum atomic E-state index is -0.875. The van der Waals surface area contributed by atoms with E-state index in [9.17, 15) is 14.7 Å². The van der Waals surface area contributed by atoms with E-state index < -0.39 is 5.97 Å². The van der Waals surface area contributed by atoms with Crippen molar-refractivity contribution in [2.45, 2.75) is 89.4 Å². The fraction of sp³-hybridized carbons (Fsp3) is 0.577. The van der Waals surface area contributed by atoms with Crippen LogP contribution in [0.25, 0.3) is 0 Å². The summed E-state index contributed by atoms with van der Waals surface area (Å²) in [5.41, 5.74) is 3.52. The van der Waals surface area contributed by atoms with Crippen molar-refractivity contribution in [1.29, 1.82) is 0 Å². The lowest BCUT2D eigenvalue weighted by atomic mass is 9.79. The molecule has 1 heterocycles. The number of hydrogen-bond donors (Lipinski definition) is 2. The fourth-order valence-corrected chi connectivity index (χ4v) is 5.28. The second kappa shape index (κ2) is 10.3. The van der Waals surface area contributed by atoms with Crippen LogP contribution in [0.3, 0.4) is 0 Å². The molecule has 178 valence electrons. The van der Waals surface area contributed by atoms with Crippen LogP contribution in [0.2, 0.25) is 5.02 Å². The van der Waals surface area contributed by atoms with Gasteiger partial charge in [-0.2, -0.15) is 0 Å². The molecule has 2 aliphatic carbocycles. The number of aromatic nitrogens is 1. The maximum atomic E-state index is 12.9. The molecule has 1 amide bonds. The second-order valence-electron chi connectivity index (χ2n) is 9.94. The Morgan fingerprint density at radius 1 is 1.18 bits per heavy atom. The van der Waals surface area contributed by atoms with Gasteiger partial charge in [-0.25, -0.2) is 0 Å². The van der Waals surface area contributed by atoms with E-state index in [1.54, 1.807) is 12.1 Å². The number of aryl methyl sites for hydroxylation is 1. The largest absolute Gasteiger partial charge is 0.481 e. The summed E-state index contributed by atoms with van der Waals surface area (Å²) in [6.45, 7) is 4.23. The van der Waals surface area contributed by atoms with Gasteiger partial charge in [-0.1, -0.05) is 42.6 Å². The van der Waals surface area contributed by atoms with Gasteiger partial charge in [0.2, 0.25) is 5.91 Å². The van der Waals surface area contributed by atoms with E-state index in [0.29, 0.717) is 29.0 Å². The van der Waals surface area contributed by atoms with Crippen LogP contribution in [0, 0.1) is 12.8 Å². The highest BCUT2D eigenvalue weighted by Crippen LogP contribution is 2.50. The average molecular weight is 473 g/mol. The number of carbonyl (C=O) groups excluding carboxylic acids is 1. The number of anilines is 1. The van der Waals surface area contributed by atoms with Crippen LogP contribution < -0.4 is 5.32 Å². The van der Waals surface area contributed by atoms with Crippen LogP contribution in [0.1, 0.15) is 105 Å². The van der Waals surface area contributed by atoms with Crippen LogP contribution >= 0.6 is 11.6 Å². The first-order chi connectivity index (χ1) is 15.8. The quantitative estimate of drug-likeness (QED) is 0.419. The van der Waals surface area contributed by atoms with E-state index in [1.807, 2.05) is 13.0 Å². The van der Waals surface area contributed by atoms with Gasteiger partial charge in [-0.15, -0.1) is 0 Å². The lowest BCUT2D eigenvalue weighted by Gasteiger charge is -2.25. The summed E-state index contributed by atoms with van der Waals surface area (Å²) >= 11 is 6.28. The Morgan fingerprint density at radius 3 is 2.52 bits per heavy atom. The van der Waals surface area contributed by atoms with Crippen molar-refractivity contribution in [3.63, 3.8) is 0 Å². The predicted molar refractivity (Wildman–Crippen MR) is 128 cm³/mol. The Bertz CT molecular complexity index is 1010. The third-order valence-corrected chi connectivity index (χ3v) is 7.39. The monoisotopic (exact) mass is 472 g/mol. The summed E-state index contributed by atoms with van der Waals surface area (Å²) in [7, 11) is 0. The Hall–Kier alpha value is -2.34. The van der Waals surface area contributed by atoms with Gasteiger partial charge < -0.3 is 14.9 Å². The lowest BCUT2D eigenvalue weighted by Crippen LogP contribution is -2.18. The summed E-state index contributed by atoms with van der Waals surface area (Å²) in [5.74, 6) is 1.14. The van der Waals surface area contributed by atoms with Gasteiger partial charge in [-0.05, 0) is 68.6 Å². The number of nitrogens with one attached hydrogen (secondary N) is 1. The van der Waals surface area contributed by atoms with E-state index >= 15 is 0 Å². The van der Waals surface area contributed by atoms with E-state index in [0.717, 1.165) is 54.2 Å². The summed E-state index contributed by atoms with van der Waals surface area (Å²) in [5, 5.41) is 17.1. The van der Waals surface area contributed by atoms with Crippen molar-refractivity contribution in [3.8, 4) is 0 Å². The second-order valence-corrected chi connectivity index (χ2v) is 10.3. The molecule has 1 unspecified atom stereocenters. The Balaban J connectivity index is 1.56. The molecule has 7 heteroatoms. The van der Waals surface area contributed by atoms with Crippen molar-refractivity contribution < 1.29 is 19.2 Å². The zero-order valence-electron chi connectivity index (χ0n) is 19.4. The van der Waals surface area contributed by atoms with Crippen molar-refractivity contribution in [2.24, 2.45) is 5.92 Å². The first-order valence-electron chi connectivity index (χ1n) is 12.1. The molecule has 2 saturated carbocycles. The molecule has 2 N–H and O–H groups in total. The summed E-state index contributed by atoms with van der Waals surface area (Å²) in [4.78, 5) is 24.3. The number of benzene rings is 1. The topological polar surface area (TPSA) is 92.4 Å². The first-order valence-corrected chi connectivity index (χ1v) is 12.5. The molecule has 1 aromatic heterocycles. The summed E-state index contributed by atoms with van der Waals surface area (Å²) in [6, 6.07) is 5.48. The van der Waals surface area contributed by atoms with Crippen molar-refractivity contribution >= 4 is 29.2 Å². The summed E-state index contributed by atoms with van der Waals surface area (Å²) in [6.07, 6.45) is 7.24. The number of aliphatic carboxylic acids is 1. The van der Waals surface area contributed by atoms with Gasteiger partial charge in [-0.3, -0.25) is 9.59 Å². The molecular formula is C26H33ClN2O4. The van der Waals surface area contributed by atoms with Gasteiger partial charge in [0, 0.05) is 30.2 Å². The number of carboxylic acids is 1. The fourth-order valence-electron chi connectivity index (χ4n) is 5.00. The maximum Gasteiger partial charge on any atom is 0.303 e. The molecule has 2 fully saturated rings. The van der Waals surface area contributed by atoms with Crippen molar-refractivity contribution in [1.82, 2.24) is 5.16 Å². The molecule has 33 heavy (non-hydrogen) atoms. The minimum Gasteiger partial charge on any atom is -0.481 e. The molecule has 6 nitrogen and oxygen atoms in total. The van der Waals surface area contributed by atoms with Gasteiger partial charge in [0.15, 0.2) is 0 Å². The highest BCUT2D eigenvalue weighted by molar-refractivity contribution is 6.33. The molecule has 1 aromatic carbocycles. The molecule has 2 aliphatic rings.